The normalized spacial score (nSPS) is 39.3. The number of hydrogen-bond acceptors (Lipinski definition) is 5. The van der Waals surface area contributed by atoms with Crippen LogP contribution in [0.5, 0.6) is 5.75 Å². The maximum Gasteiger partial charge on any atom is 0.322 e. The van der Waals surface area contributed by atoms with Gasteiger partial charge in [0, 0.05) is 24.0 Å². The Morgan fingerprint density at radius 1 is 0.979 bits per heavy atom. The summed E-state index contributed by atoms with van der Waals surface area (Å²) in [7, 11) is 0. The third-order valence-electron chi connectivity index (χ3n) is 15.0. The summed E-state index contributed by atoms with van der Waals surface area (Å²) in [5.41, 5.74) is 3.19. The molecule has 3 fully saturated rings. The number of aliphatic carboxylic acids is 1. The van der Waals surface area contributed by atoms with Gasteiger partial charge >= 0.3 is 17.9 Å². The molecule has 260 valence electrons. The lowest BCUT2D eigenvalue weighted by Crippen LogP contribution is -2.57. The number of ether oxygens (including phenoxy) is 2. The van der Waals surface area contributed by atoms with Gasteiger partial charge in [-0.15, -0.1) is 0 Å². The van der Waals surface area contributed by atoms with Crippen LogP contribution in [0.4, 0.5) is 0 Å². The van der Waals surface area contributed by atoms with Crippen molar-refractivity contribution in [3.05, 3.63) is 52.6 Å². The average molecular weight is 657 g/mol. The molecule has 6 nitrogen and oxygen atoms in total. The number of esters is 2. The molecule has 0 bridgehead atoms. The van der Waals surface area contributed by atoms with Gasteiger partial charge in [0.25, 0.3) is 0 Å². The Morgan fingerprint density at radius 3 is 2.35 bits per heavy atom. The standard InChI is InChI=1S/C42H56O6/c1-24-12-9-20-42(29(24)22-28-25(2)13-16-32-38(4,5)18-11-21-41(28,32)36(44)45)35-30(48-37(42)46)15-14-27-34(35)31(47-26(3)43)23-33-39(6,7)17-10-19-40(27,33)8/h12,14-15,28-29,31-33H,2,9-11,13,16-23H2,1,3-8H3,(H,44,45)/t28-,29-,31-,32+,33-,40+,41-,42-/m0/s1. The van der Waals surface area contributed by atoms with Crippen molar-refractivity contribution in [3.8, 4) is 5.75 Å². The van der Waals surface area contributed by atoms with Crippen molar-refractivity contribution in [2.45, 2.75) is 142 Å². The number of carboxylic acid groups (broad SMARTS) is 1. The van der Waals surface area contributed by atoms with E-state index in [1.807, 2.05) is 6.07 Å². The number of allylic oxidation sites excluding steroid dienone is 3. The SMILES string of the molecule is C=C1CC[C@@H]2C(C)(C)CCC[C@]2(C(=O)O)[C@H]1C[C@H]1C(C)=CCC[C@]12C(=O)Oc1ccc3c(c12)[C@@H](OC(C)=O)C[C@H]1C(C)(C)CCC[C@]31C. The van der Waals surface area contributed by atoms with Crippen LogP contribution in [0.1, 0.15) is 148 Å². The van der Waals surface area contributed by atoms with Gasteiger partial charge < -0.3 is 14.6 Å². The largest absolute Gasteiger partial charge is 0.481 e. The van der Waals surface area contributed by atoms with E-state index < -0.39 is 22.9 Å². The highest BCUT2D eigenvalue weighted by Gasteiger charge is 2.65. The van der Waals surface area contributed by atoms with Gasteiger partial charge in [-0.25, -0.2) is 0 Å². The summed E-state index contributed by atoms with van der Waals surface area (Å²) in [4.78, 5) is 41.0. The minimum absolute atomic E-state index is 0.0473. The van der Waals surface area contributed by atoms with Crippen molar-refractivity contribution >= 4 is 17.9 Å². The Balaban J connectivity index is 1.42. The van der Waals surface area contributed by atoms with Gasteiger partial charge in [-0.3, -0.25) is 14.4 Å². The monoisotopic (exact) mass is 656 g/mol. The van der Waals surface area contributed by atoms with E-state index in [9.17, 15) is 19.5 Å². The van der Waals surface area contributed by atoms with Crippen LogP contribution in [-0.4, -0.2) is 23.0 Å². The molecule has 7 rings (SSSR count). The summed E-state index contributed by atoms with van der Waals surface area (Å²) in [6, 6.07) is 4.16. The molecule has 1 N–H and O–H groups in total. The molecule has 0 saturated heterocycles. The van der Waals surface area contributed by atoms with E-state index in [0.29, 0.717) is 37.4 Å². The van der Waals surface area contributed by atoms with E-state index in [4.69, 9.17) is 9.47 Å². The molecule has 0 unspecified atom stereocenters. The molecule has 0 radical (unpaired) electrons. The van der Waals surface area contributed by atoms with Crippen LogP contribution >= 0.6 is 0 Å². The number of rotatable bonds is 4. The van der Waals surface area contributed by atoms with Gasteiger partial charge in [-0.05, 0) is 117 Å². The Bertz CT molecular complexity index is 1610. The Morgan fingerprint density at radius 2 is 1.67 bits per heavy atom. The van der Waals surface area contributed by atoms with E-state index in [1.54, 1.807) is 0 Å². The number of benzene rings is 1. The van der Waals surface area contributed by atoms with Crippen LogP contribution in [0.3, 0.4) is 0 Å². The molecule has 1 aromatic rings. The maximum atomic E-state index is 14.7. The lowest BCUT2D eigenvalue weighted by atomic mass is 9.44. The van der Waals surface area contributed by atoms with Gasteiger partial charge in [-0.1, -0.05) is 77.3 Å². The highest BCUT2D eigenvalue weighted by molar-refractivity contribution is 5.93. The van der Waals surface area contributed by atoms with Gasteiger partial charge in [-0.2, -0.15) is 0 Å². The number of fused-ring (bicyclic) bond motifs is 7. The van der Waals surface area contributed by atoms with Crippen molar-refractivity contribution in [1.82, 2.24) is 0 Å². The highest BCUT2D eigenvalue weighted by atomic mass is 16.5. The lowest BCUT2D eigenvalue weighted by Gasteiger charge is -2.58. The van der Waals surface area contributed by atoms with E-state index in [2.05, 4.69) is 60.3 Å². The molecule has 5 aliphatic carbocycles. The molecule has 8 atom stereocenters. The van der Waals surface area contributed by atoms with Crippen LogP contribution in [0.2, 0.25) is 0 Å². The number of hydrogen-bond donors (Lipinski definition) is 1. The van der Waals surface area contributed by atoms with Crippen LogP contribution in [0.15, 0.2) is 35.9 Å². The van der Waals surface area contributed by atoms with Gasteiger partial charge in [0.15, 0.2) is 0 Å². The van der Waals surface area contributed by atoms with E-state index in [0.717, 1.165) is 73.6 Å². The summed E-state index contributed by atoms with van der Waals surface area (Å²) < 4.78 is 12.5. The Hall–Kier alpha value is -2.89. The zero-order chi connectivity index (χ0) is 34.6. The summed E-state index contributed by atoms with van der Waals surface area (Å²) in [6.45, 7) is 19.8. The quantitative estimate of drug-likeness (QED) is 0.197. The van der Waals surface area contributed by atoms with E-state index in [-0.39, 0.29) is 45.9 Å². The summed E-state index contributed by atoms with van der Waals surface area (Å²) in [6.07, 6.45) is 11.9. The van der Waals surface area contributed by atoms with Crippen LogP contribution in [0, 0.1) is 39.9 Å². The summed E-state index contributed by atoms with van der Waals surface area (Å²) >= 11 is 0. The molecule has 6 aliphatic rings. The topological polar surface area (TPSA) is 89.9 Å². The van der Waals surface area contributed by atoms with Crippen molar-refractivity contribution < 1.29 is 29.0 Å². The van der Waals surface area contributed by atoms with Gasteiger partial charge in [0.05, 0.1) is 5.41 Å². The van der Waals surface area contributed by atoms with Crippen LogP contribution in [-0.2, 0) is 30.0 Å². The molecule has 1 heterocycles. The predicted octanol–water partition coefficient (Wildman–Crippen LogP) is 9.55. The van der Waals surface area contributed by atoms with Crippen molar-refractivity contribution in [3.63, 3.8) is 0 Å². The summed E-state index contributed by atoms with van der Waals surface area (Å²) in [5, 5.41) is 11.2. The first-order chi connectivity index (χ1) is 22.5. The van der Waals surface area contributed by atoms with Crippen LogP contribution in [0.25, 0.3) is 0 Å². The minimum atomic E-state index is -0.984. The maximum absolute atomic E-state index is 14.7. The Kier molecular flexibility index (Phi) is 7.74. The fourth-order valence-electron chi connectivity index (χ4n) is 12.9. The summed E-state index contributed by atoms with van der Waals surface area (Å²) in [5.74, 6) is -0.822. The number of carbonyl (C=O) groups excluding carboxylic acids is 2. The van der Waals surface area contributed by atoms with E-state index in [1.165, 1.54) is 12.5 Å². The highest BCUT2D eigenvalue weighted by Crippen LogP contribution is 2.67. The first-order valence-corrected chi connectivity index (χ1v) is 18.7. The molecule has 0 aromatic heterocycles. The van der Waals surface area contributed by atoms with Crippen molar-refractivity contribution in [2.24, 2.45) is 39.9 Å². The molecule has 1 spiro atoms. The first-order valence-electron chi connectivity index (χ1n) is 18.7. The zero-order valence-electron chi connectivity index (χ0n) is 30.3. The number of carboxylic acids is 1. The van der Waals surface area contributed by atoms with Crippen LogP contribution < -0.4 is 4.74 Å². The second-order valence-electron chi connectivity index (χ2n) is 18.2. The molecular weight excluding hydrogens is 600 g/mol. The second kappa shape index (κ2) is 11.1. The zero-order valence-corrected chi connectivity index (χ0v) is 30.3. The first kappa shape index (κ1) is 33.6. The van der Waals surface area contributed by atoms with Gasteiger partial charge in [0.2, 0.25) is 0 Å². The van der Waals surface area contributed by atoms with E-state index >= 15 is 0 Å². The predicted molar refractivity (Wildman–Crippen MR) is 186 cm³/mol. The van der Waals surface area contributed by atoms with Crippen molar-refractivity contribution in [2.75, 3.05) is 0 Å². The molecule has 1 aromatic carbocycles. The molecular formula is C42H56O6. The smallest absolute Gasteiger partial charge is 0.322 e. The molecule has 1 aliphatic heterocycles. The second-order valence-corrected chi connectivity index (χ2v) is 18.2. The fourth-order valence-corrected chi connectivity index (χ4v) is 12.9. The molecule has 48 heavy (non-hydrogen) atoms. The van der Waals surface area contributed by atoms with Crippen molar-refractivity contribution in [1.29, 1.82) is 0 Å². The third kappa shape index (κ3) is 4.52. The average Bonchev–Trinajstić information content (AvgIpc) is 3.27. The Labute approximate surface area is 287 Å². The molecule has 3 saturated carbocycles. The number of carbonyl (C=O) groups is 3. The minimum Gasteiger partial charge on any atom is -0.481 e. The third-order valence-corrected chi connectivity index (χ3v) is 15.0. The lowest BCUT2D eigenvalue weighted by molar-refractivity contribution is -0.171. The van der Waals surface area contributed by atoms with Gasteiger partial charge in [0.1, 0.15) is 17.3 Å². The fraction of sp³-hybridized carbons (Fsp3) is 0.690. The molecule has 6 heteroatoms. The molecule has 0 amide bonds.